The number of carbonyl (C=O) groups is 1. The fourth-order valence-corrected chi connectivity index (χ4v) is 3.10. The zero-order chi connectivity index (χ0) is 14.0. The van der Waals surface area contributed by atoms with Crippen molar-refractivity contribution in [2.24, 2.45) is 5.92 Å². The van der Waals surface area contributed by atoms with Gasteiger partial charge in [0.05, 0.1) is 12.8 Å². The molecule has 2 aromatic heterocycles. The minimum atomic E-state index is -1.30. The van der Waals surface area contributed by atoms with E-state index in [4.69, 9.17) is 4.42 Å². The van der Waals surface area contributed by atoms with E-state index >= 15 is 0 Å². The molecule has 20 heavy (non-hydrogen) atoms. The van der Waals surface area contributed by atoms with Gasteiger partial charge in [0.25, 0.3) is 0 Å². The Morgan fingerprint density at radius 2 is 2.35 bits per heavy atom. The van der Waals surface area contributed by atoms with Crippen LogP contribution in [0.3, 0.4) is 0 Å². The zero-order valence-corrected chi connectivity index (χ0v) is 11.9. The Kier molecular flexibility index (Phi) is 3.63. The smallest absolute Gasteiger partial charge is 0.223 e. The van der Waals surface area contributed by atoms with Gasteiger partial charge in [0, 0.05) is 11.5 Å². The first-order valence-electron chi connectivity index (χ1n) is 6.77. The van der Waals surface area contributed by atoms with Gasteiger partial charge in [0.1, 0.15) is 5.76 Å². The average Bonchev–Trinajstić information content (AvgIpc) is 3.05. The zero-order valence-electron chi connectivity index (χ0n) is 11.0. The summed E-state index contributed by atoms with van der Waals surface area (Å²) in [5.41, 5.74) is -0.561. The second-order valence-electron chi connectivity index (χ2n) is 5.20. The molecule has 0 aromatic carbocycles. The molecule has 1 atom stereocenters. The summed E-state index contributed by atoms with van der Waals surface area (Å²) in [6.45, 7) is 0.132. The van der Waals surface area contributed by atoms with Gasteiger partial charge in [-0.3, -0.25) is 4.79 Å². The standard InChI is InChI=1S/C15H17NO3S/c17-14(11-3-1-4-11)16-10-15(18,12-6-8-20-9-12)13-5-2-7-19-13/h2,5-9,11,18H,1,3-4,10H2,(H,16,17)/t15-/m0/s1. The van der Waals surface area contributed by atoms with Crippen LogP contribution in [0, 0.1) is 5.92 Å². The maximum Gasteiger partial charge on any atom is 0.223 e. The molecule has 1 aliphatic rings. The van der Waals surface area contributed by atoms with Gasteiger partial charge >= 0.3 is 0 Å². The minimum Gasteiger partial charge on any atom is -0.466 e. The Hall–Kier alpha value is -1.59. The van der Waals surface area contributed by atoms with E-state index in [-0.39, 0.29) is 18.4 Å². The molecule has 2 aromatic rings. The lowest BCUT2D eigenvalue weighted by atomic mass is 9.84. The van der Waals surface area contributed by atoms with Crippen LogP contribution < -0.4 is 5.32 Å². The van der Waals surface area contributed by atoms with Crippen LogP contribution in [0.1, 0.15) is 30.6 Å². The summed E-state index contributed by atoms with van der Waals surface area (Å²) in [6, 6.07) is 5.32. The number of aliphatic hydroxyl groups is 1. The summed E-state index contributed by atoms with van der Waals surface area (Å²) >= 11 is 1.51. The molecule has 0 bridgehead atoms. The summed E-state index contributed by atoms with van der Waals surface area (Å²) < 4.78 is 5.36. The van der Waals surface area contributed by atoms with E-state index in [1.54, 1.807) is 12.1 Å². The summed E-state index contributed by atoms with van der Waals surface area (Å²) in [6.07, 6.45) is 4.54. The van der Waals surface area contributed by atoms with Crippen LogP contribution in [0.5, 0.6) is 0 Å². The Balaban J connectivity index is 1.78. The van der Waals surface area contributed by atoms with Crippen molar-refractivity contribution < 1.29 is 14.3 Å². The Bertz CT molecular complexity index is 524. The fourth-order valence-electron chi connectivity index (χ4n) is 2.37. The highest BCUT2D eigenvalue weighted by atomic mass is 32.1. The Morgan fingerprint density at radius 1 is 1.50 bits per heavy atom. The third-order valence-electron chi connectivity index (χ3n) is 3.92. The number of furan rings is 1. The van der Waals surface area contributed by atoms with Crippen LogP contribution in [0.15, 0.2) is 39.6 Å². The van der Waals surface area contributed by atoms with Crippen molar-refractivity contribution in [3.8, 4) is 0 Å². The number of hydrogen-bond acceptors (Lipinski definition) is 4. The van der Waals surface area contributed by atoms with E-state index in [9.17, 15) is 9.90 Å². The molecule has 1 saturated carbocycles. The van der Waals surface area contributed by atoms with Crippen LogP contribution in [0.2, 0.25) is 0 Å². The third-order valence-corrected chi connectivity index (χ3v) is 4.61. The molecule has 0 aliphatic heterocycles. The van der Waals surface area contributed by atoms with Gasteiger partial charge in [-0.15, -0.1) is 0 Å². The highest BCUT2D eigenvalue weighted by Gasteiger charge is 2.36. The molecule has 0 spiro atoms. The van der Waals surface area contributed by atoms with E-state index in [0.717, 1.165) is 24.8 Å². The van der Waals surface area contributed by atoms with Crippen LogP contribution in [0.4, 0.5) is 0 Å². The lowest BCUT2D eigenvalue weighted by molar-refractivity contribution is -0.128. The van der Waals surface area contributed by atoms with E-state index in [0.29, 0.717) is 5.76 Å². The SMILES string of the molecule is O=C(NC[C@](O)(c1ccsc1)c1ccco1)C1CCC1. The first-order chi connectivity index (χ1) is 9.70. The van der Waals surface area contributed by atoms with Gasteiger partial charge in [0.15, 0.2) is 5.60 Å². The molecule has 106 valence electrons. The van der Waals surface area contributed by atoms with Gasteiger partial charge in [-0.2, -0.15) is 11.3 Å². The minimum absolute atomic E-state index is 0.0245. The topological polar surface area (TPSA) is 62.5 Å². The molecule has 0 radical (unpaired) electrons. The molecule has 0 saturated heterocycles. The third kappa shape index (κ3) is 2.39. The van der Waals surface area contributed by atoms with Crippen molar-refractivity contribution in [3.63, 3.8) is 0 Å². The maximum atomic E-state index is 12.0. The van der Waals surface area contributed by atoms with E-state index in [1.165, 1.54) is 17.6 Å². The molecule has 2 heterocycles. The summed E-state index contributed by atoms with van der Waals surface area (Å²) in [4.78, 5) is 12.0. The maximum absolute atomic E-state index is 12.0. The first-order valence-corrected chi connectivity index (χ1v) is 7.71. The van der Waals surface area contributed by atoms with Crippen molar-refractivity contribution in [2.45, 2.75) is 24.9 Å². The molecular weight excluding hydrogens is 274 g/mol. The number of hydrogen-bond donors (Lipinski definition) is 2. The van der Waals surface area contributed by atoms with E-state index in [2.05, 4.69) is 5.32 Å². The molecule has 0 unspecified atom stereocenters. The molecule has 4 nitrogen and oxygen atoms in total. The van der Waals surface area contributed by atoms with Crippen LogP contribution in [0.25, 0.3) is 0 Å². The largest absolute Gasteiger partial charge is 0.466 e. The van der Waals surface area contributed by atoms with Crippen molar-refractivity contribution in [2.75, 3.05) is 6.54 Å². The van der Waals surface area contributed by atoms with Crippen molar-refractivity contribution >= 4 is 17.2 Å². The second-order valence-corrected chi connectivity index (χ2v) is 5.98. The number of carbonyl (C=O) groups excluding carboxylic acids is 1. The molecule has 5 heteroatoms. The molecule has 1 aliphatic carbocycles. The van der Waals surface area contributed by atoms with E-state index < -0.39 is 5.60 Å². The lowest BCUT2D eigenvalue weighted by Crippen LogP contribution is -2.44. The Labute approximate surface area is 121 Å². The van der Waals surface area contributed by atoms with E-state index in [1.807, 2.05) is 16.8 Å². The van der Waals surface area contributed by atoms with Crippen LogP contribution in [-0.4, -0.2) is 17.6 Å². The van der Waals surface area contributed by atoms with Crippen molar-refractivity contribution in [1.29, 1.82) is 0 Å². The van der Waals surface area contributed by atoms with Crippen molar-refractivity contribution in [3.05, 3.63) is 46.5 Å². The fraction of sp³-hybridized carbons (Fsp3) is 0.400. The molecular formula is C15H17NO3S. The summed E-state index contributed by atoms with van der Waals surface area (Å²) in [7, 11) is 0. The lowest BCUT2D eigenvalue weighted by Gasteiger charge is -2.29. The molecule has 1 fully saturated rings. The number of thiophene rings is 1. The molecule has 2 N–H and O–H groups in total. The highest BCUT2D eigenvalue weighted by Crippen LogP contribution is 2.32. The van der Waals surface area contributed by atoms with Gasteiger partial charge in [0.2, 0.25) is 5.91 Å². The van der Waals surface area contributed by atoms with Crippen LogP contribution in [-0.2, 0) is 10.4 Å². The number of rotatable bonds is 5. The number of amides is 1. The quantitative estimate of drug-likeness (QED) is 0.889. The average molecular weight is 291 g/mol. The van der Waals surface area contributed by atoms with Gasteiger partial charge in [-0.1, -0.05) is 6.42 Å². The van der Waals surface area contributed by atoms with Gasteiger partial charge in [-0.05, 0) is 41.8 Å². The summed E-state index contributed by atoms with van der Waals surface area (Å²) in [5.74, 6) is 0.583. The molecule has 1 amide bonds. The number of nitrogens with one attached hydrogen (secondary N) is 1. The highest BCUT2D eigenvalue weighted by molar-refractivity contribution is 7.08. The second kappa shape index (κ2) is 5.42. The van der Waals surface area contributed by atoms with Gasteiger partial charge < -0.3 is 14.8 Å². The van der Waals surface area contributed by atoms with Gasteiger partial charge in [-0.25, -0.2) is 0 Å². The first kappa shape index (κ1) is 13.4. The Morgan fingerprint density at radius 3 is 2.90 bits per heavy atom. The summed E-state index contributed by atoms with van der Waals surface area (Å²) in [5, 5.41) is 17.6. The molecule has 3 rings (SSSR count). The predicted molar refractivity (Wildman–Crippen MR) is 76.4 cm³/mol. The predicted octanol–water partition coefficient (Wildman–Crippen LogP) is 2.49. The van der Waals surface area contributed by atoms with Crippen LogP contribution >= 0.6 is 11.3 Å². The monoisotopic (exact) mass is 291 g/mol. The van der Waals surface area contributed by atoms with Crippen molar-refractivity contribution in [1.82, 2.24) is 5.32 Å². The normalized spacial score (nSPS) is 18.2.